The zero-order valence-corrected chi connectivity index (χ0v) is 11.4. The summed E-state index contributed by atoms with van der Waals surface area (Å²) in [5.74, 6) is -0.724. The van der Waals surface area contributed by atoms with Crippen molar-refractivity contribution in [3.8, 4) is 0 Å². The lowest BCUT2D eigenvalue weighted by atomic mass is 10.1. The van der Waals surface area contributed by atoms with Crippen LogP contribution in [0, 0.1) is 5.82 Å². The van der Waals surface area contributed by atoms with Gasteiger partial charge in [-0.25, -0.2) is 4.39 Å². The van der Waals surface area contributed by atoms with Crippen molar-refractivity contribution < 1.29 is 9.18 Å². The van der Waals surface area contributed by atoms with Crippen LogP contribution in [0.5, 0.6) is 0 Å². The Morgan fingerprint density at radius 3 is 3.00 bits per heavy atom. The lowest BCUT2D eigenvalue weighted by Gasteiger charge is -2.17. The molecule has 106 valence electrons. The van der Waals surface area contributed by atoms with E-state index in [2.05, 4.69) is 15.6 Å². The predicted octanol–water partition coefficient (Wildman–Crippen LogP) is 1.89. The average Bonchev–Trinajstić information content (AvgIpc) is 2.43. The highest BCUT2D eigenvalue weighted by atomic mass is 19.1. The zero-order chi connectivity index (χ0) is 14.7. The van der Waals surface area contributed by atoms with Crippen LogP contribution >= 0.6 is 0 Å². The Balaban J connectivity index is 2.41. The molecular weight excluding hydrogens is 259 g/mol. The smallest absolute Gasteiger partial charge is 0.242 e. The van der Waals surface area contributed by atoms with Crippen LogP contribution in [-0.4, -0.2) is 23.5 Å². The molecule has 1 atom stereocenters. The number of benzene rings is 1. The number of fused-ring (bicyclic) bond motifs is 1. The van der Waals surface area contributed by atoms with Gasteiger partial charge in [-0.2, -0.15) is 0 Å². The van der Waals surface area contributed by atoms with E-state index >= 15 is 0 Å². The molecule has 0 aliphatic heterocycles. The van der Waals surface area contributed by atoms with E-state index < -0.39 is 11.9 Å². The SMILES string of the molecule is CCNC(=O)C(C)Nc1c(F)cc(N)c2cccnc12. The normalized spacial score (nSPS) is 12.2. The van der Waals surface area contributed by atoms with E-state index in [0.717, 1.165) is 0 Å². The van der Waals surface area contributed by atoms with E-state index in [1.165, 1.54) is 6.07 Å². The van der Waals surface area contributed by atoms with E-state index in [-0.39, 0.29) is 11.6 Å². The molecule has 1 aromatic carbocycles. The number of hydrogen-bond acceptors (Lipinski definition) is 4. The van der Waals surface area contributed by atoms with Crippen molar-refractivity contribution in [2.45, 2.75) is 19.9 Å². The molecule has 5 nitrogen and oxygen atoms in total. The van der Waals surface area contributed by atoms with Gasteiger partial charge in [-0.3, -0.25) is 9.78 Å². The molecule has 0 spiro atoms. The van der Waals surface area contributed by atoms with Crippen LogP contribution < -0.4 is 16.4 Å². The summed E-state index contributed by atoms with van der Waals surface area (Å²) in [6.45, 7) is 4.01. The van der Waals surface area contributed by atoms with Crippen molar-refractivity contribution in [2.75, 3.05) is 17.6 Å². The fourth-order valence-electron chi connectivity index (χ4n) is 1.98. The van der Waals surface area contributed by atoms with Crippen LogP contribution in [0.2, 0.25) is 0 Å². The van der Waals surface area contributed by atoms with Crippen molar-refractivity contribution in [1.82, 2.24) is 10.3 Å². The van der Waals surface area contributed by atoms with Crippen LogP contribution in [0.1, 0.15) is 13.8 Å². The Morgan fingerprint density at radius 2 is 2.30 bits per heavy atom. The molecule has 1 amide bonds. The number of pyridine rings is 1. The number of aromatic nitrogens is 1. The minimum absolute atomic E-state index is 0.188. The van der Waals surface area contributed by atoms with E-state index in [1.807, 2.05) is 6.92 Å². The second kappa shape index (κ2) is 5.73. The van der Waals surface area contributed by atoms with E-state index in [0.29, 0.717) is 23.1 Å². The number of likely N-dealkylation sites (N-methyl/N-ethyl adjacent to an activating group) is 1. The third kappa shape index (κ3) is 2.64. The van der Waals surface area contributed by atoms with E-state index in [4.69, 9.17) is 5.73 Å². The number of nitrogens with two attached hydrogens (primary N) is 1. The van der Waals surface area contributed by atoms with Crippen LogP contribution in [0.15, 0.2) is 24.4 Å². The molecule has 0 radical (unpaired) electrons. The molecule has 4 N–H and O–H groups in total. The predicted molar refractivity (Wildman–Crippen MR) is 77.9 cm³/mol. The summed E-state index contributed by atoms with van der Waals surface area (Å²) >= 11 is 0. The van der Waals surface area contributed by atoms with Gasteiger partial charge in [-0.1, -0.05) is 0 Å². The molecule has 2 aromatic rings. The summed E-state index contributed by atoms with van der Waals surface area (Å²) in [6, 6.07) is 4.15. The maximum atomic E-state index is 14.1. The first-order valence-electron chi connectivity index (χ1n) is 6.41. The van der Waals surface area contributed by atoms with E-state index in [9.17, 15) is 9.18 Å². The first-order valence-corrected chi connectivity index (χ1v) is 6.41. The average molecular weight is 276 g/mol. The molecule has 0 saturated carbocycles. The van der Waals surface area contributed by atoms with Gasteiger partial charge in [-0.15, -0.1) is 0 Å². The highest BCUT2D eigenvalue weighted by Gasteiger charge is 2.17. The third-order valence-corrected chi connectivity index (χ3v) is 2.98. The Hall–Kier alpha value is -2.37. The van der Waals surface area contributed by atoms with Gasteiger partial charge in [0, 0.05) is 23.8 Å². The van der Waals surface area contributed by atoms with Crippen LogP contribution in [0.3, 0.4) is 0 Å². The van der Waals surface area contributed by atoms with Crippen LogP contribution in [0.4, 0.5) is 15.8 Å². The molecule has 1 heterocycles. The summed E-state index contributed by atoms with van der Waals surface area (Å²) in [6.07, 6.45) is 1.56. The van der Waals surface area contributed by atoms with Gasteiger partial charge < -0.3 is 16.4 Å². The molecule has 0 bridgehead atoms. The van der Waals surface area contributed by atoms with Gasteiger partial charge in [0.15, 0.2) is 5.82 Å². The minimum atomic E-state index is -0.571. The maximum absolute atomic E-state index is 14.1. The lowest BCUT2D eigenvalue weighted by Crippen LogP contribution is -2.37. The quantitative estimate of drug-likeness (QED) is 0.745. The van der Waals surface area contributed by atoms with Crippen molar-refractivity contribution in [3.05, 3.63) is 30.2 Å². The first-order chi connectivity index (χ1) is 9.54. The molecular formula is C14H17FN4O. The summed E-state index contributed by atoms with van der Waals surface area (Å²) in [5, 5.41) is 6.19. The van der Waals surface area contributed by atoms with Crippen LogP contribution in [-0.2, 0) is 4.79 Å². The number of nitrogens with zero attached hydrogens (tertiary/aromatic N) is 1. The maximum Gasteiger partial charge on any atom is 0.242 e. The number of amides is 1. The van der Waals surface area contributed by atoms with Gasteiger partial charge in [0.05, 0.1) is 11.2 Å². The molecule has 20 heavy (non-hydrogen) atoms. The van der Waals surface area contributed by atoms with Gasteiger partial charge >= 0.3 is 0 Å². The van der Waals surface area contributed by atoms with Crippen molar-refractivity contribution in [3.63, 3.8) is 0 Å². The number of halogens is 1. The van der Waals surface area contributed by atoms with Crippen molar-refractivity contribution >= 4 is 28.2 Å². The standard InChI is InChI=1S/C14H17FN4O/c1-3-17-14(20)8(2)19-13-10(15)7-11(16)9-5-4-6-18-12(9)13/h4-8,19H,3,16H2,1-2H3,(H,17,20). The van der Waals surface area contributed by atoms with Crippen LogP contribution in [0.25, 0.3) is 10.9 Å². The topological polar surface area (TPSA) is 80.0 Å². The molecule has 0 saturated heterocycles. The summed E-state index contributed by atoms with van der Waals surface area (Å²) < 4.78 is 14.1. The Labute approximate surface area is 116 Å². The number of nitrogens with one attached hydrogen (secondary N) is 2. The molecule has 0 aliphatic carbocycles. The van der Waals surface area contributed by atoms with Crippen molar-refractivity contribution in [1.29, 1.82) is 0 Å². The molecule has 0 aliphatic rings. The number of rotatable bonds is 4. The number of carbonyl (C=O) groups is 1. The fraction of sp³-hybridized carbons (Fsp3) is 0.286. The Kier molecular flexibility index (Phi) is 4.02. The van der Waals surface area contributed by atoms with Crippen molar-refractivity contribution in [2.24, 2.45) is 0 Å². The monoisotopic (exact) mass is 276 g/mol. The minimum Gasteiger partial charge on any atom is -0.398 e. The number of hydrogen-bond donors (Lipinski definition) is 3. The molecule has 6 heteroatoms. The van der Waals surface area contributed by atoms with Gasteiger partial charge in [0.2, 0.25) is 5.91 Å². The van der Waals surface area contributed by atoms with Gasteiger partial charge in [0.1, 0.15) is 6.04 Å². The summed E-state index contributed by atoms with van der Waals surface area (Å²) in [7, 11) is 0. The van der Waals surface area contributed by atoms with Gasteiger partial charge in [-0.05, 0) is 32.0 Å². The molecule has 1 aromatic heterocycles. The second-order valence-electron chi connectivity index (χ2n) is 4.48. The number of carbonyl (C=O) groups excluding carboxylic acids is 1. The highest BCUT2D eigenvalue weighted by Crippen LogP contribution is 2.29. The fourth-order valence-corrected chi connectivity index (χ4v) is 1.98. The summed E-state index contributed by atoms with van der Waals surface area (Å²) in [5.41, 5.74) is 6.70. The number of nitrogen functional groups attached to an aromatic ring is 1. The first kappa shape index (κ1) is 14.0. The second-order valence-corrected chi connectivity index (χ2v) is 4.48. The Bertz CT molecular complexity index is 644. The largest absolute Gasteiger partial charge is 0.398 e. The molecule has 1 unspecified atom stereocenters. The van der Waals surface area contributed by atoms with E-state index in [1.54, 1.807) is 25.3 Å². The number of anilines is 2. The zero-order valence-electron chi connectivity index (χ0n) is 11.4. The summed E-state index contributed by atoms with van der Waals surface area (Å²) in [4.78, 5) is 15.9. The third-order valence-electron chi connectivity index (χ3n) is 2.98. The van der Waals surface area contributed by atoms with Gasteiger partial charge in [0.25, 0.3) is 0 Å². The molecule has 0 fully saturated rings. The molecule has 2 rings (SSSR count). The lowest BCUT2D eigenvalue weighted by molar-refractivity contribution is -0.121. The highest BCUT2D eigenvalue weighted by molar-refractivity contribution is 5.99. The Morgan fingerprint density at radius 1 is 1.55 bits per heavy atom.